The van der Waals surface area contributed by atoms with Crippen molar-refractivity contribution in [3.63, 3.8) is 0 Å². The molecule has 1 aliphatic heterocycles. The topological polar surface area (TPSA) is 66.5 Å². The van der Waals surface area contributed by atoms with Crippen LogP contribution in [0.2, 0.25) is 5.02 Å². The fourth-order valence-corrected chi connectivity index (χ4v) is 3.56. The summed E-state index contributed by atoms with van der Waals surface area (Å²) >= 11 is 12.6. The lowest BCUT2D eigenvalue weighted by atomic mass is 10.1. The van der Waals surface area contributed by atoms with E-state index in [4.69, 9.17) is 11.6 Å². The van der Waals surface area contributed by atoms with E-state index in [0.717, 1.165) is 13.8 Å². The molecule has 128 valence electrons. The predicted octanol–water partition coefficient (Wildman–Crippen LogP) is 4.49. The van der Waals surface area contributed by atoms with Gasteiger partial charge in [-0.05, 0) is 36.4 Å². The zero-order valence-corrected chi connectivity index (χ0v) is 16.6. The predicted molar refractivity (Wildman–Crippen MR) is 102 cm³/mol. The number of halogens is 3. The standard InChI is InChI=1S/C17H11Br2ClN2O3/c18-9-1-3-11-12(7-9)17(25)22(16(11)24)6-5-15(23)21-14-4-2-10(19)8-13(14)20/h1-4,7-8H,5-6H2,(H,21,23). The lowest BCUT2D eigenvalue weighted by Gasteiger charge is -2.14. The molecule has 0 saturated carbocycles. The van der Waals surface area contributed by atoms with Crippen LogP contribution < -0.4 is 5.32 Å². The third-order valence-corrected chi connectivity index (χ3v) is 5.00. The summed E-state index contributed by atoms with van der Waals surface area (Å²) in [7, 11) is 0. The number of benzene rings is 2. The third kappa shape index (κ3) is 3.78. The molecule has 1 aliphatic rings. The molecule has 0 fully saturated rings. The summed E-state index contributed by atoms with van der Waals surface area (Å²) in [6.45, 7) is 0.00391. The summed E-state index contributed by atoms with van der Waals surface area (Å²) < 4.78 is 1.52. The Morgan fingerprint density at radius 2 is 1.64 bits per heavy atom. The molecule has 5 nitrogen and oxygen atoms in total. The Balaban J connectivity index is 1.65. The molecule has 0 aliphatic carbocycles. The number of hydrogen-bond acceptors (Lipinski definition) is 3. The van der Waals surface area contributed by atoms with Crippen molar-refractivity contribution in [1.82, 2.24) is 4.90 Å². The molecule has 0 saturated heterocycles. The van der Waals surface area contributed by atoms with Gasteiger partial charge in [-0.2, -0.15) is 0 Å². The average Bonchev–Trinajstić information content (AvgIpc) is 2.79. The second-order valence-electron chi connectivity index (χ2n) is 5.37. The van der Waals surface area contributed by atoms with E-state index in [1.54, 1.807) is 36.4 Å². The highest BCUT2D eigenvalue weighted by molar-refractivity contribution is 9.10. The van der Waals surface area contributed by atoms with Crippen molar-refractivity contribution >= 4 is 66.9 Å². The van der Waals surface area contributed by atoms with Crippen molar-refractivity contribution < 1.29 is 14.4 Å². The Morgan fingerprint density at radius 3 is 2.36 bits per heavy atom. The van der Waals surface area contributed by atoms with Crippen LogP contribution in [-0.2, 0) is 4.79 Å². The first-order valence-electron chi connectivity index (χ1n) is 7.27. The van der Waals surface area contributed by atoms with Gasteiger partial charge in [0.05, 0.1) is 21.8 Å². The molecular formula is C17H11Br2ClN2O3. The molecule has 2 aromatic rings. The lowest BCUT2D eigenvalue weighted by Crippen LogP contribution is -2.32. The van der Waals surface area contributed by atoms with Crippen LogP contribution in [0.5, 0.6) is 0 Å². The average molecular weight is 487 g/mol. The van der Waals surface area contributed by atoms with Crippen LogP contribution in [0.3, 0.4) is 0 Å². The zero-order valence-electron chi connectivity index (χ0n) is 12.7. The van der Waals surface area contributed by atoms with E-state index < -0.39 is 5.91 Å². The van der Waals surface area contributed by atoms with Crippen molar-refractivity contribution in [2.75, 3.05) is 11.9 Å². The first-order valence-corrected chi connectivity index (χ1v) is 9.24. The largest absolute Gasteiger partial charge is 0.325 e. The van der Waals surface area contributed by atoms with Gasteiger partial charge < -0.3 is 5.32 Å². The van der Waals surface area contributed by atoms with Crippen LogP contribution in [0.4, 0.5) is 5.69 Å². The molecular weight excluding hydrogens is 475 g/mol. The Labute approximate surface area is 165 Å². The number of nitrogens with one attached hydrogen (secondary N) is 1. The van der Waals surface area contributed by atoms with E-state index in [0.29, 0.717) is 21.8 Å². The molecule has 0 unspecified atom stereocenters. The third-order valence-electron chi connectivity index (χ3n) is 3.70. The highest BCUT2D eigenvalue weighted by Gasteiger charge is 2.35. The van der Waals surface area contributed by atoms with Gasteiger partial charge in [0.25, 0.3) is 11.8 Å². The van der Waals surface area contributed by atoms with E-state index in [-0.39, 0.29) is 24.8 Å². The minimum atomic E-state index is -0.393. The van der Waals surface area contributed by atoms with Crippen LogP contribution in [0.15, 0.2) is 45.3 Å². The first kappa shape index (κ1) is 18.1. The number of carbonyl (C=O) groups excluding carboxylic acids is 3. The zero-order chi connectivity index (χ0) is 18.1. The number of rotatable bonds is 4. The number of fused-ring (bicyclic) bond motifs is 1. The molecule has 1 heterocycles. The molecule has 3 amide bonds. The summed E-state index contributed by atoms with van der Waals surface area (Å²) in [6, 6.07) is 10.0. The molecule has 8 heteroatoms. The first-order chi connectivity index (χ1) is 11.9. The number of carbonyl (C=O) groups is 3. The second kappa shape index (κ2) is 7.27. The maximum absolute atomic E-state index is 12.3. The smallest absolute Gasteiger partial charge is 0.261 e. The summed E-state index contributed by atoms with van der Waals surface area (Å²) in [4.78, 5) is 37.9. The second-order valence-corrected chi connectivity index (χ2v) is 7.61. The van der Waals surface area contributed by atoms with E-state index in [9.17, 15) is 14.4 Å². The number of imide groups is 1. The van der Waals surface area contributed by atoms with Crippen LogP contribution in [-0.4, -0.2) is 29.2 Å². The molecule has 0 radical (unpaired) electrons. The summed E-state index contributed by atoms with van der Waals surface area (Å²) in [5.74, 6) is -1.11. The Bertz CT molecular complexity index is 901. The van der Waals surface area contributed by atoms with Crippen molar-refractivity contribution in [3.8, 4) is 0 Å². The normalized spacial score (nSPS) is 13.2. The molecule has 0 aromatic heterocycles. The van der Waals surface area contributed by atoms with Gasteiger partial charge in [-0.15, -0.1) is 0 Å². The van der Waals surface area contributed by atoms with Crippen molar-refractivity contribution in [2.24, 2.45) is 0 Å². The van der Waals surface area contributed by atoms with Crippen LogP contribution >= 0.6 is 43.5 Å². The highest BCUT2D eigenvalue weighted by Crippen LogP contribution is 2.27. The van der Waals surface area contributed by atoms with Gasteiger partial charge in [-0.1, -0.05) is 43.5 Å². The fraction of sp³-hybridized carbons (Fsp3) is 0.118. The number of hydrogen-bond donors (Lipinski definition) is 1. The molecule has 0 atom stereocenters. The minimum absolute atomic E-state index is 0.00391. The molecule has 0 bridgehead atoms. The van der Waals surface area contributed by atoms with Gasteiger partial charge in [-0.3, -0.25) is 19.3 Å². The van der Waals surface area contributed by atoms with E-state index >= 15 is 0 Å². The van der Waals surface area contributed by atoms with Crippen LogP contribution in [0, 0.1) is 0 Å². The van der Waals surface area contributed by atoms with Gasteiger partial charge in [0.1, 0.15) is 0 Å². The van der Waals surface area contributed by atoms with Crippen LogP contribution in [0.25, 0.3) is 0 Å². The number of nitrogens with zero attached hydrogens (tertiary/aromatic N) is 1. The van der Waals surface area contributed by atoms with Gasteiger partial charge in [0.15, 0.2) is 0 Å². The lowest BCUT2D eigenvalue weighted by molar-refractivity contribution is -0.116. The van der Waals surface area contributed by atoms with E-state index in [1.165, 1.54) is 0 Å². The monoisotopic (exact) mass is 484 g/mol. The van der Waals surface area contributed by atoms with Gasteiger partial charge in [0, 0.05) is 21.9 Å². The van der Waals surface area contributed by atoms with Gasteiger partial charge >= 0.3 is 0 Å². The fourth-order valence-electron chi connectivity index (χ4n) is 2.48. The molecule has 3 rings (SSSR count). The maximum Gasteiger partial charge on any atom is 0.261 e. The van der Waals surface area contributed by atoms with Crippen LogP contribution in [0.1, 0.15) is 27.1 Å². The summed E-state index contributed by atoms with van der Waals surface area (Å²) in [6.07, 6.45) is -0.0149. The van der Waals surface area contributed by atoms with E-state index in [2.05, 4.69) is 37.2 Å². The Hall–Kier alpha value is -1.70. The number of amides is 3. The van der Waals surface area contributed by atoms with Gasteiger partial charge in [0.2, 0.25) is 5.91 Å². The minimum Gasteiger partial charge on any atom is -0.325 e. The SMILES string of the molecule is O=C(CCN1C(=O)c2ccc(Br)cc2C1=O)Nc1ccc(Br)cc1Cl. The number of anilines is 1. The maximum atomic E-state index is 12.3. The quantitative estimate of drug-likeness (QED) is 0.648. The van der Waals surface area contributed by atoms with Crippen molar-refractivity contribution in [1.29, 1.82) is 0 Å². The molecule has 2 aromatic carbocycles. The Morgan fingerprint density at radius 1 is 1.00 bits per heavy atom. The van der Waals surface area contributed by atoms with E-state index in [1.807, 2.05) is 0 Å². The van der Waals surface area contributed by atoms with Gasteiger partial charge in [-0.25, -0.2) is 0 Å². The Kier molecular flexibility index (Phi) is 5.27. The molecule has 1 N–H and O–H groups in total. The van der Waals surface area contributed by atoms with Crippen molar-refractivity contribution in [3.05, 3.63) is 61.5 Å². The summed E-state index contributed by atoms with van der Waals surface area (Å²) in [5, 5.41) is 3.07. The highest BCUT2D eigenvalue weighted by atomic mass is 79.9. The summed E-state index contributed by atoms with van der Waals surface area (Å²) in [5.41, 5.74) is 1.17. The molecule has 0 spiro atoms. The van der Waals surface area contributed by atoms with Crippen molar-refractivity contribution in [2.45, 2.75) is 6.42 Å². The molecule has 25 heavy (non-hydrogen) atoms.